The van der Waals surface area contributed by atoms with Gasteiger partial charge in [0.2, 0.25) is 0 Å². The molecule has 3 heteroatoms. The van der Waals surface area contributed by atoms with Gasteiger partial charge in [0.1, 0.15) is 5.75 Å². The molecule has 0 saturated heterocycles. The molecule has 0 aliphatic heterocycles. The summed E-state index contributed by atoms with van der Waals surface area (Å²) in [5, 5.41) is 18.3. The van der Waals surface area contributed by atoms with Crippen molar-refractivity contribution in [1.29, 1.82) is 0 Å². The van der Waals surface area contributed by atoms with Crippen LogP contribution in [0.4, 0.5) is 0 Å². The van der Waals surface area contributed by atoms with Crippen molar-refractivity contribution in [2.24, 2.45) is 0 Å². The van der Waals surface area contributed by atoms with Gasteiger partial charge in [-0.3, -0.25) is 4.79 Å². The molecule has 0 amide bonds. The van der Waals surface area contributed by atoms with Gasteiger partial charge >= 0.3 is 5.97 Å². The molecule has 1 aromatic carbocycles. The second-order valence-corrected chi connectivity index (χ2v) is 3.88. The third-order valence-corrected chi connectivity index (χ3v) is 2.52. The standard InChI is InChI=1S/C13H16O3/c1-3-4-11-8-10(5-6-12(11)14)9(2)7-13(15)16/h3,5-6,8-9,14H,1,4,7H2,2H3,(H,15,16). The molecule has 0 radical (unpaired) electrons. The zero-order chi connectivity index (χ0) is 12.1. The Kier molecular flexibility index (Phi) is 4.11. The van der Waals surface area contributed by atoms with Gasteiger partial charge in [-0.05, 0) is 29.5 Å². The molecule has 0 heterocycles. The van der Waals surface area contributed by atoms with Crippen molar-refractivity contribution in [2.45, 2.75) is 25.7 Å². The van der Waals surface area contributed by atoms with Crippen LogP contribution in [0, 0.1) is 0 Å². The highest BCUT2D eigenvalue weighted by molar-refractivity contribution is 5.68. The second-order valence-electron chi connectivity index (χ2n) is 3.88. The van der Waals surface area contributed by atoms with E-state index in [-0.39, 0.29) is 18.1 Å². The van der Waals surface area contributed by atoms with Crippen LogP contribution < -0.4 is 0 Å². The molecule has 16 heavy (non-hydrogen) atoms. The van der Waals surface area contributed by atoms with E-state index in [0.717, 1.165) is 11.1 Å². The van der Waals surface area contributed by atoms with E-state index in [9.17, 15) is 9.90 Å². The number of phenolic OH excluding ortho intramolecular Hbond substituents is 1. The molecule has 0 aliphatic rings. The Bertz CT molecular complexity index is 396. The molecule has 0 aliphatic carbocycles. The monoisotopic (exact) mass is 220 g/mol. The van der Waals surface area contributed by atoms with Crippen molar-refractivity contribution in [1.82, 2.24) is 0 Å². The second kappa shape index (κ2) is 5.35. The smallest absolute Gasteiger partial charge is 0.303 e. The first-order valence-electron chi connectivity index (χ1n) is 5.19. The zero-order valence-corrected chi connectivity index (χ0v) is 9.31. The molecule has 0 aromatic heterocycles. The van der Waals surface area contributed by atoms with E-state index in [1.165, 1.54) is 0 Å². The van der Waals surface area contributed by atoms with Gasteiger partial charge in [-0.25, -0.2) is 0 Å². The lowest BCUT2D eigenvalue weighted by Gasteiger charge is -2.11. The van der Waals surface area contributed by atoms with Crippen LogP contribution in [0.1, 0.15) is 30.4 Å². The quantitative estimate of drug-likeness (QED) is 0.750. The predicted octanol–water partition coefficient (Wildman–Crippen LogP) is 2.70. The molecule has 1 unspecified atom stereocenters. The Balaban J connectivity index is 2.92. The average molecular weight is 220 g/mol. The van der Waals surface area contributed by atoms with Gasteiger partial charge < -0.3 is 10.2 Å². The van der Waals surface area contributed by atoms with Gasteiger partial charge in [0.05, 0.1) is 6.42 Å². The molecule has 86 valence electrons. The van der Waals surface area contributed by atoms with Crippen molar-refractivity contribution in [3.8, 4) is 5.75 Å². The van der Waals surface area contributed by atoms with Crippen LogP contribution in [0.2, 0.25) is 0 Å². The molecule has 0 spiro atoms. The number of phenols is 1. The minimum absolute atomic E-state index is 0.0540. The number of hydrogen-bond acceptors (Lipinski definition) is 2. The van der Waals surface area contributed by atoms with Gasteiger partial charge in [-0.1, -0.05) is 25.1 Å². The molecular weight excluding hydrogens is 204 g/mol. The lowest BCUT2D eigenvalue weighted by Crippen LogP contribution is -2.03. The molecular formula is C13H16O3. The highest BCUT2D eigenvalue weighted by atomic mass is 16.4. The summed E-state index contributed by atoms with van der Waals surface area (Å²) in [6.45, 7) is 5.47. The van der Waals surface area contributed by atoms with Gasteiger partial charge in [0.15, 0.2) is 0 Å². The fourth-order valence-corrected chi connectivity index (χ4v) is 1.61. The summed E-state index contributed by atoms with van der Waals surface area (Å²) in [6.07, 6.45) is 2.39. The van der Waals surface area contributed by atoms with E-state index in [1.54, 1.807) is 18.2 Å². The number of rotatable bonds is 5. The summed E-state index contributed by atoms with van der Waals surface area (Å²) in [7, 11) is 0. The number of aromatic hydroxyl groups is 1. The van der Waals surface area contributed by atoms with Gasteiger partial charge in [0, 0.05) is 0 Å². The van der Waals surface area contributed by atoms with Gasteiger partial charge in [-0.2, -0.15) is 0 Å². The maximum atomic E-state index is 10.6. The number of hydrogen-bond donors (Lipinski definition) is 2. The number of benzene rings is 1. The van der Waals surface area contributed by atoms with Crippen LogP contribution in [0.3, 0.4) is 0 Å². The lowest BCUT2D eigenvalue weighted by molar-refractivity contribution is -0.137. The van der Waals surface area contributed by atoms with Crippen molar-refractivity contribution >= 4 is 5.97 Å². The van der Waals surface area contributed by atoms with Gasteiger partial charge in [-0.15, -0.1) is 6.58 Å². The Morgan fingerprint density at radius 3 is 2.81 bits per heavy atom. The van der Waals surface area contributed by atoms with Crippen LogP contribution in [0.5, 0.6) is 5.75 Å². The molecule has 1 rings (SSSR count). The Hall–Kier alpha value is -1.77. The Morgan fingerprint density at radius 2 is 2.25 bits per heavy atom. The molecule has 1 aromatic rings. The zero-order valence-electron chi connectivity index (χ0n) is 9.31. The summed E-state index contributed by atoms with van der Waals surface area (Å²) < 4.78 is 0. The van der Waals surface area contributed by atoms with Crippen molar-refractivity contribution < 1.29 is 15.0 Å². The molecule has 0 bridgehead atoms. The number of carboxylic acid groups (broad SMARTS) is 1. The molecule has 1 atom stereocenters. The summed E-state index contributed by atoms with van der Waals surface area (Å²) in [6, 6.07) is 5.20. The third-order valence-electron chi connectivity index (χ3n) is 2.52. The Labute approximate surface area is 95.0 Å². The fraction of sp³-hybridized carbons (Fsp3) is 0.308. The molecule has 3 nitrogen and oxygen atoms in total. The highest BCUT2D eigenvalue weighted by Gasteiger charge is 2.11. The largest absolute Gasteiger partial charge is 0.508 e. The van der Waals surface area contributed by atoms with Crippen LogP contribution in [-0.2, 0) is 11.2 Å². The van der Waals surface area contributed by atoms with E-state index >= 15 is 0 Å². The lowest BCUT2D eigenvalue weighted by atomic mass is 9.95. The van der Waals surface area contributed by atoms with E-state index in [2.05, 4.69) is 6.58 Å². The average Bonchev–Trinajstić information content (AvgIpc) is 2.20. The topological polar surface area (TPSA) is 57.5 Å². The SMILES string of the molecule is C=CCc1cc(C(C)CC(=O)O)ccc1O. The first-order valence-corrected chi connectivity index (χ1v) is 5.19. The van der Waals surface area contributed by atoms with Gasteiger partial charge in [0.25, 0.3) is 0 Å². The first kappa shape index (κ1) is 12.3. The first-order chi connectivity index (χ1) is 7.54. The number of aliphatic carboxylic acids is 1. The predicted molar refractivity (Wildman–Crippen MR) is 62.7 cm³/mol. The van der Waals surface area contributed by atoms with E-state index < -0.39 is 5.97 Å². The van der Waals surface area contributed by atoms with Crippen LogP contribution in [0.15, 0.2) is 30.9 Å². The third kappa shape index (κ3) is 3.12. The summed E-state index contributed by atoms with van der Waals surface area (Å²) >= 11 is 0. The van der Waals surface area contributed by atoms with Crippen LogP contribution in [-0.4, -0.2) is 16.2 Å². The van der Waals surface area contributed by atoms with Crippen LogP contribution >= 0.6 is 0 Å². The maximum absolute atomic E-state index is 10.6. The van der Waals surface area contributed by atoms with Crippen LogP contribution in [0.25, 0.3) is 0 Å². The summed E-state index contributed by atoms with van der Waals surface area (Å²) in [5.74, 6) is -0.640. The Morgan fingerprint density at radius 1 is 1.56 bits per heavy atom. The summed E-state index contributed by atoms with van der Waals surface area (Å²) in [4.78, 5) is 10.6. The fourth-order valence-electron chi connectivity index (χ4n) is 1.61. The van der Waals surface area contributed by atoms with Crippen molar-refractivity contribution in [3.05, 3.63) is 42.0 Å². The maximum Gasteiger partial charge on any atom is 0.303 e. The molecule has 0 saturated carbocycles. The van der Waals surface area contributed by atoms with E-state index in [4.69, 9.17) is 5.11 Å². The normalized spacial score (nSPS) is 12.1. The summed E-state index contributed by atoms with van der Waals surface area (Å²) in [5.41, 5.74) is 1.71. The van der Waals surface area contributed by atoms with E-state index in [0.29, 0.717) is 6.42 Å². The molecule has 0 fully saturated rings. The molecule has 2 N–H and O–H groups in total. The van der Waals surface area contributed by atoms with Crippen molar-refractivity contribution in [2.75, 3.05) is 0 Å². The van der Waals surface area contributed by atoms with E-state index in [1.807, 2.05) is 13.0 Å². The number of carbonyl (C=O) groups is 1. The number of allylic oxidation sites excluding steroid dienone is 1. The minimum atomic E-state index is -0.814. The minimum Gasteiger partial charge on any atom is -0.508 e. The highest BCUT2D eigenvalue weighted by Crippen LogP contribution is 2.25. The van der Waals surface area contributed by atoms with Crippen molar-refractivity contribution in [3.63, 3.8) is 0 Å². The number of carboxylic acids is 1.